The Morgan fingerprint density at radius 2 is 2.07 bits per heavy atom. The molecule has 5 heteroatoms. The van der Waals surface area contributed by atoms with Crippen LogP contribution in [0.15, 0.2) is 4.79 Å². The van der Waals surface area contributed by atoms with Crippen LogP contribution in [0.3, 0.4) is 0 Å². The highest BCUT2D eigenvalue weighted by molar-refractivity contribution is 5.40. The number of piperidine rings is 1. The number of aromatic nitrogens is 2. The maximum absolute atomic E-state index is 11.7. The van der Waals surface area contributed by atoms with Gasteiger partial charge in [-0.1, -0.05) is 0 Å². The quantitative estimate of drug-likeness (QED) is 0.580. The van der Waals surface area contributed by atoms with Gasteiger partial charge in [0.15, 0.2) is 0 Å². The summed E-state index contributed by atoms with van der Waals surface area (Å²) in [5.74, 6) is 0.852. The lowest BCUT2D eigenvalue weighted by Gasteiger charge is -2.21. The number of aryl methyl sites for hydroxylation is 1. The average molecular weight is 196 g/mol. The first-order valence-electron chi connectivity index (χ1n) is 4.95. The fourth-order valence-electron chi connectivity index (χ4n) is 2.09. The number of anilines is 1. The van der Waals surface area contributed by atoms with Gasteiger partial charge < -0.3 is 11.1 Å². The molecule has 1 aromatic heterocycles. The van der Waals surface area contributed by atoms with E-state index in [1.807, 2.05) is 0 Å². The molecule has 0 amide bonds. The van der Waals surface area contributed by atoms with Crippen LogP contribution in [-0.4, -0.2) is 22.9 Å². The molecule has 1 aromatic rings. The van der Waals surface area contributed by atoms with E-state index in [9.17, 15) is 4.79 Å². The second-order valence-corrected chi connectivity index (χ2v) is 3.83. The van der Waals surface area contributed by atoms with E-state index in [1.54, 1.807) is 7.05 Å². The van der Waals surface area contributed by atoms with Crippen molar-refractivity contribution in [3.8, 4) is 0 Å². The first-order chi connectivity index (χ1) is 6.70. The standard InChI is InChI=1S/C9H16N4O/c1-13-9(14)7(8(10)12-13)6-2-4-11-5-3-6/h6,11-12H,2-5,10H2,1H3. The Hall–Kier alpha value is -1.23. The minimum absolute atomic E-state index is 0.0226. The van der Waals surface area contributed by atoms with Crippen LogP contribution in [0, 0.1) is 0 Å². The largest absolute Gasteiger partial charge is 0.384 e. The maximum atomic E-state index is 11.7. The molecule has 0 saturated carbocycles. The summed E-state index contributed by atoms with van der Waals surface area (Å²) in [5, 5.41) is 6.10. The molecule has 78 valence electrons. The summed E-state index contributed by atoms with van der Waals surface area (Å²) in [6.07, 6.45) is 1.99. The zero-order valence-corrected chi connectivity index (χ0v) is 8.34. The fourth-order valence-corrected chi connectivity index (χ4v) is 2.09. The lowest BCUT2D eigenvalue weighted by molar-refractivity contribution is 0.459. The number of nitrogens with one attached hydrogen (secondary N) is 2. The number of hydrogen-bond acceptors (Lipinski definition) is 3. The second-order valence-electron chi connectivity index (χ2n) is 3.83. The van der Waals surface area contributed by atoms with Crippen LogP contribution >= 0.6 is 0 Å². The van der Waals surface area contributed by atoms with Crippen LogP contribution in [0.4, 0.5) is 5.82 Å². The predicted octanol–water partition coefficient (Wildman–Crippen LogP) is -0.237. The third-order valence-electron chi connectivity index (χ3n) is 2.86. The zero-order chi connectivity index (χ0) is 10.1. The minimum atomic E-state index is 0.0226. The van der Waals surface area contributed by atoms with Gasteiger partial charge in [0.25, 0.3) is 5.56 Å². The van der Waals surface area contributed by atoms with Crippen molar-refractivity contribution >= 4 is 5.82 Å². The van der Waals surface area contributed by atoms with Crippen LogP contribution < -0.4 is 16.6 Å². The monoisotopic (exact) mass is 196 g/mol. The molecule has 0 atom stereocenters. The highest BCUT2D eigenvalue weighted by atomic mass is 16.1. The molecule has 0 bridgehead atoms. The van der Waals surface area contributed by atoms with Gasteiger partial charge in [0, 0.05) is 7.05 Å². The van der Waals surface area contributed by atoms with Crippen molar-refractivity contribution in [2.75, 3.05) is 18.8 Å². The molecule has 0 radical (unpaired) electrons. The Kier molecular flexibility index (Phi) is 2.33. The van der Waals surface area contributed by atoms with Gasteiger partial charge in [0.1, 0.15) is 5.82 Å². The van der Waals surface area contributed by atoms with Gasteiger partial charge in [-0.3, -0.25) is 14.6 Å². The van der Waals surface area contributed by atoms with E-state index in [1.165, 1.54) is 4.68 Å². The van der Waals surface area contributed by atoms with Gasteiger partial charge in [0.2, 0.25) is 0 Å². The third kappa shape index (κ3) is 1.43. The molecule has 14 heavy (non-hydrogen) atoms. The molecular weight excluding hydrogens is 180 g/mol. The normalized spacial score (nSPS) is 18.6. The number of rotatable bonds is 1. The van der Waals surface area contributed by atoms with E-state index >= 15 is 0 Å². The molecule has 0 aliphatic carbocycles. The molecule has 1 saturated heterocycles. The van der Waals surface area contributed by atoms with Crippen LogP contribution in [-0.2, 0) is 7.05 Å². The molecule has 0 unspecified atom stereocenters. The number of hydrogen-bond donors (Lipinski definition) is 3. The third-order valence-corrected chi connectivity index (χ3v) is 2.86. The van der Waals surface area contributed by atoms with Gasteiger partial charge in [-0.05, 0) is 31.8 Å². The first kappa shape index (κ1) is 9.33. The van der Waals surface area contributed by atoms with Crippen molar-refractivity contribution in [2.45, 2.75) is 18.8 Å². The van der Waals surface area contributed by atoms with E-state index in [-0.39, 0.29) is 5.56 Å². The molecule has 0 spiro atoms. The van der Waals surface area contributed by atoms with Crippen molar-refractivity contribution in [1.82, 2.24) is 15.1 Å². The Balaban J connectivity index is 2.34. The van der Waals surface area contributed by atoms with E-state index in [2.05, 4.69) is 10.4 Å². The topological polar surface area (TPSA) is 75.8 Å². The van der Waals surface area contributed by atoms with E-state index in [4.69, 9.17) is 5.73 Å². The number of nitrogens with two attached hydrogens (primary N) is 1. The van der Waals surface area contributed by atoms with Crippen LogP contribution in [0.25, 0.3) is 0 Å². The summed E-state index contributed by atoms with van der Waals surface area (Å²) >= 11 is 0. The average Bonchev–Trinajstić information content (AvgIpc) is 2.43. The Morgan fingerprint density at radius 3 is 2.57 bits per heavy atom. The number of nitrogens with zero attached hydrogens (tertiary/aromatic N) is 1. The van der Waals surface area contributed by atoms with Crippen LogP contribution in [0.5, 0.6) is 0 Å². The summed E-state index contributed by atoms with van der Waals surface area (Å²) in [7, 11) is 1.70. The first-order valence-corrected chi connectivity index (χ1v) is 4.95. The second kappa shape index (κ2) is 3.49. The fraction of sp³-hybridized carbons (Fsp3) is 0.667. The molecule has 2 heterocycles. The Labute approximate surface area is 82.3 Å². The molecule has 4 N–H and O–H groups in total. The summed E-state index contributed by atoms with van der Waals surface area (Å²) in [4.78, 5) is 11.7. The molecule has 1 fully saturated rings. The highest BCUT2D eigenvalue weighted by Gasteiger charge is 2.22. The zero-order valence-electron chi connectivity index (χ0n) is 8.34. The summed E-state index contributed by atoms with van der Waals surface area (Å²) in [5.41, 5.74) is 6.57. The number of aromatic amines is 1. The smallest absolute Gasteiger partial charge is 0.271 e. The van der Waals surface area contributed by atoms with Gasteiger partial charge in [-0.25, -0.2) is 0 Å². The Morgan fingerprint density at radius 1 is 1.43 bits per heavy atom. The van der Waals surface area contributed by atoms with Gasteiger partial charge in [0.05, 0.1) is 5.56 Å². The molecule has 0 aromatic carbocycles. The molecule has 5 nitrogen and oxygen atoms in total. The van der Waals surface area contributed by atoms with Gasteiger partial charge >= 0.3 is 0 Å². The van der Waals surface area contributed by atoms with Crippen LogP contribution in [0.1, 0.15) is 24.3 Å². The number of H-pyrrole nitrogens is 1. The summed E-state index contributed by atoms with van der Waals surface area (Å²) < 4.78 is 1.45. The molecule has 1 aliphatic heterocycles. The number of nitrogen functional groups attached to an aromatic ring is 1. The molecular formula is C9H16N4O. The maximum Gasteiger partial charge on any atom is 0.271 e. The van der Waals surface area contributed by atoms with Crippen molar-refractivity contribution in [3.05, 3.63) is 15.9 Å². The van der Waals surface area contributed by atoms with E-state index < -0.39 is 0 Å². The highest BCUT2D eigenvalue weighted by Crippen LogP contribution is 2.25. The summed E-state index contributed by atoms with van der Waals surface area (Å²) in [6, 6.07) is 0. The SMILES string of the molecule is Cn1[nH]c(N)c(C2CCNCC2)c1=O. The van der Waals surface area contributed by atoms with Crippen molar-refractivity contribution in [1.29, 1.82) is 0 Å². The molecule has 1 aliphatic rings. The lowest BCUT2D eigenvalue weighted by Crippen LogP contribution is -2.29. The van der Waals surface area contributed by atoms with Crippen molar-refractivity contribution in [3.63, 3.8) is 0 Å². The lowest BCUT2D eigenvalue weighted by atomic mass is 9.92. The Bertz CT molecular complexity index is 373. The van der Waals surface area contributed by atoms with E-state index in [0.717, 1.165) is 31.5 Å². The van der Waals surface area contributed by atoms with Gasteiger partial charge in [-0.2, -0.15) is 0 Å². The van der Waals surface area contributed by atoms with Crippen molar-refractivity contribution < 1.29 is 0 Å². The van der Waals surface area contributed by atoms with Gasteiger partial charge in [-0.15, -0.1) is 0 Å². The van der Waals surface area contributed by atoms with Crippen molar-refractivity contribution in [2.24, 2.45) is 7.05 Å². The molecule has 2 rings (SSSR count). The van der Waals surface area contributed by atoms with E-state index in [0.29, 0.717) is 11.7 Å². The predicted molar refractivity (Wildman–Crippen MR) is 55.3 cm³/mol. The van der Waals surface area contributed by atoms with Crippen LogP contribution in [0.2, 0.25) is 0 Å². The summed E-state index contributed by atoms with van der Waals surface area (Å²) in [6.45, 7) is 1.94. The minimum Gasteiger partial charge on any atom is -0.384 e.